The first kappa shape index (κ1) is 35.2. The predicted molar refractivity (Wildman–Crippen MR) is 232 cm³/mol. The van der Waals surface area contributed by atoms with Gasteiger partial charge >= 0.3 is 0 Å². The molecule has 0 atom stereocenters. The summed E-state index contributed by atoms with van der Waals surface area (Å²) in [5.74, 6) is 0.211. The van der Waals surface area contributed by atoms with Gasteiger partial charge in [-0.3, -0.25) is 4.99 Å². The maximum atomic E-state index is 10.7. The molecule has 1 N–H and O–H groups in total. The standard InChI is InChI=1S/C50H44N2OS/c1-49(2,3)38-16-11-15-35(27-38)32-21-23-33(24-22-32)36-29-43(41-19-12-14-34-13-7-8-17-40(34)41)47-46(30-36)54-48(52-47)42-18-9-10-20-44(42)51-31-37-28-39(50(4,5)6)25-26-45(37)53/h7-31,53H,1-6H3. The van der Waals surface area contributed by atoms with Crippen molar-refractivity contribution in [1.82, 2.24) is 4.98 Å². The van der Waals surface area contributed by atoms with Gasteiger partial charge in [-0.2, -0.15) is 0 Å². The fraction of sp³-hybridized carbons (Fsp3) is 0.160. The van der Waals surface area contributed by atoms with Crippen molar-refractivity contribution in [3.05, 3.63) is 162 Å². The van der Waals surface area contributed by atoms with E-state index in [9.17, 15) is 5.11 Å². The minimum absolute atomic E-state index is 0.0457. The van der Waals surface area contributed by atoms with Gasteiger partial charge in [0.05, 0.1) is 15.9 Å². The van der Waals surface area contributed by atoms with Crippen molar-refractivity contribution < 1.29 is 5.11 Å². The third-order valence-electron chi connectivity index (χ3n) is 10.2. The molecular formula is C50H44N2OS. The van der Waals surface area contributed by atoms with E-state index in [1.54, 1.807) is 23.6 Å². The van der Waals surface area contributed by atoms with Crippen molar-refractivity contribution in [2.24, 2.45) is 4.99 Å². The summed E-state index contributed by atoms with van der Waals surface area (Å²) in [6.07, 6.45) is 1.76. The topological polar surface area (TPSA) is 45.5 Å². The van der Waals surface area contributed by atoms with E-state index in [1.807, 2.05) is 30.3 Å². The van der Waals surface area contributed by atoms with E-state index in [1.165, 1.54) is 27.5 Å². The van der Waals surface area contributed by atoms with Crippen molar-refractivity contribution >= 4 is 44.2 Å². The minimum atomic E-state index is -0.0457. The van der Waals surface area contributed by atoms with E-state index in [0.717, 1.165) is 54.3 Å². The highest BCUT2D eigenvalue weighted by Crippen LogP contribution is 2.43. The lowest BCUT2D eigenvalue weighted by atomic mass is 9.85. The van der Waals surface area contributed by atoms with Crippen molar-refractivity contribution in [3.63, 3.8) is 0 Å². The van der Waals surface area contributed by atoms with Gasteiger partial charge in [0.15, 0.2) is 0 Å². The van der Waals surface area contributed by atoms with Crippen LogP contribution in [0.25, 0.3) is 64.9 Å². The molecular weight excluding hydrogens is 677 g/mol. The molecule has 0 saturated carbocycles. The maximum Gasteiger partial charge on any atom is 0.126 e. The van der Waals surface area contributed by atoms with Gasteiger partial charge in [0.25, 0.3) is 0 Å². The Morgan fingerprint density at radius 1 is 0.556 bits per heavy atom. The Morgan fingerprint density at radius 2 is 1.20 bits per heavy atom. The molecule has 4 heteroatoms. The first-order valence-corrected chi connectivity index (χ1v) is 19.4. The zero-order valence-corrected chi connectivity index (χ0v) is 32.5. The Balaban J connectivity index is 1.24. The number of phenolic OH excluding ortho intramolecular Hbond substituents is 1. The molecule has 8 aromatic rings. The van der Waals surface area contributed by atoms with Crippen LogP contribution in [0.4, 0.5) is 5.69 Å². The second kappa shape index (κ2) is 13.9. The minimum Gasteiger partial charge on any atom is -0.507 e. The Labute approximate surface area is 322 Å². The Kier molecular flexibility index (Phi) is 9.03. The molecule has 0 saturated heterocycles. The van der Waals surface area contributed by atoms with Crippen LogP contribution in [0, 0.1) is 0 Å². The predicted octanol–water partition coefficient (Wildman–Crippen LogP) is 14.2. The molecule has 54 heavy (non-hydrogen) atoms. The van der Waals surface area contributed by atoms with Gasteiger partial charge in [-0.15, -0.1) is 11.3 Å². The summed E-state index contributed by atoms with van der Waals surface area (Å²) in [6.45, 7) is 13.3. The third-order valence-corrected chi connectivity index (χ3v) is 11.3. The normalized spacial score (nSPS) is 12.3. The van der Waals surface area contributed by atoms with Crippen LogP contribution >= 0.6 is 11.3 Å². The third kappa shape index (κ3) is 6.98. The number of para-hydroxylation sites is 1. The lowest BCUT2D eigenvalue weighted by Crippen LogP contribution is -2.11. The molecule has 0 spiro atoms. The molecule has 1 aromatic heterocycles. The summed E-state index contributed by atoms with van der Waals surface area (Å²) in [6, 6.07) is 51.4. The number of thiazole rings is 1. The smallest absolute Gasteiger partial charge is 0.126 e. The molecule has 1 heterocycles. The van der Waals surface area contributed by atoms with Gasteiger partial charge in [-0.1, -0.05) is 151 Å². The lowest BCUT2D eigenvalue weighted by Gasteiger charge is -2.20. The number of phenols is 1. The maximum absolute atomic E-state index is 10.7. The molecule has 0 aliphatic heterocycles. The zero-order chi connectivity index (χ0) is 37.6. The van der Waals surface area contributed by atoms with Crippen LogP contribution in [0.5, 0.6) is 5.75 Å². The van der Waals surface area contributed by atoms with E-state index in [4.69, 9.17) is 9.98 Å². The van der Waals surface area contributed by atoms with Crippen LogP contribution in [-0.2, 0) is 10.8 Å². The van der Waals surface area contributed by atoms with Crippen molar-refractivity contribution in [1.29, 1.82) is 0 Å². The molecule has 8 rings (SSSR count). The number of benzene rings is 7. The number of rotatable bonds is 6. The summed E-state index contributed by atoms with van der Waals surface area (Å²) in [5.41, 5.74) is 12.9. The van der Waals surface area contributed by atoms with E-state index >= 15 is 0 Å². The SMILES string of the molecule is CC(C)(C)c1cccc(-c2ccc(-c3cc(-c4cccc5ccccc45)c4nc(-c5ccccc5N=Cc5cc(C(C)(C)C)ccc5O)sc4c3)cc2)c1. The number of fused-ring (bicyclic) bond motifs is 2. The van der Waals surface area contributed by atoms with Crippen LogP contribution in [0.15, 0.2) is 151 Å². The van der Waals surface area contributed by atoms with Crippen LogP contribution in [0.3, 0.4) is 0 Å². The molecule has 0 bridgehead atoms. The van der Waals surface area contributed by atoms with E-state index in [-0.39, 0.29) is 16.6 Å². The van der Waals surface area contributed by atoms with Gasteiger partial charge in [-0.05, 0) is 96.9 Å². The summed E-state index contributed by atoms with van der Waals surface area (Å²) in [5, 5.41) is 14.0. The van der Waals surface area contributed by atoms with Gasteiger partial charge in [0, 0.05) is 22.9 Å². The highest BCUT2D eigenvalue weighted by atomic mass is 32.1. The second-order valence-electron chi connectivity index (χ2n) is 16.1. The highest BCUT2D eigenvalue weighted by Gasteiger charge is 2.19. The van der Waals surface area contributed by atoms with Crippen molar-refractivity contribution in [2.45, 2.75) is 52.4 Å². The second-order valence-corrected chi connectivity index (χ2v) is 17.2. The quantitative estimate of drug-likeness (QED) is 0.174. The average Bonchev–Trinajstić information content (AvgIpc) is 3.61. The number of aromatic nitrogens is 1. The van der Waals surface area contributed by atoms with Gasteiger partial charge < -0.3 is 5.11 Å². The summed E-state index contributed by atoms with van der Waals surface area (Å²) in [7, 11) is 0. The van der Waals surface area contributed by atoms with Crippen LogP contribution in [0.1, 0.15) is 58.2 Å². The first-order valence-electron chi connectivity index (χ1n) is 18.5. The van der Waals surface area contributed by atoms with Crippen LogP contribution in [-0.4, -0.2) is 16.3 Å². The van der Waals surface area contributed by atoms with Crippen molar-refractivity contribution in [3.8, 4) is 49.7 Å². The first-order chi connectivity index (χ1) is 25.9. The van der Waals surface area contributed by atoms with Gasteiger partial charge in [-0.25, -0.2) is 4.98 Å². The average molecular weight is 721 g/mol. The number of aliphatic imine (C=N–C) groups is 1. The largest absolute Gasteiger partial charge is 0.507 e. The molecule has 0 unspecified atom stereocenters. The number of hydrogen-bond donors (Lipinski definition) is 1. The van der Waals surface area contributed by atoms with E-state index in [2.05, 4.69) is 151 Å². The van der Waals surface area contributed by atoms with E-state index < -0.39 is 0 Å². The molecule has 0 radical (unpaired) electrons. The summed E-state index contributed by atoms with van der Waals surface area (Å²) in [4.78, 5) is 10.3. The van der Waals surface area contributed by atoms with Crippen LogP contribution in [0.2, 0.25) is 0 Å². The molecule has 3 nitrogen and oxygen atoms in total. The monoisotopic (exact) mass is 720 g/mol. The number of hydrogen-bond acceptors (Lipinski definition) is 4. The summed E-state index contributed by atoms with van der Waals surface area (Å²) >= 11 is 1.69. The Bertz CT molecular complexity index is 2680. The fourth-order valence-corrected chi connectivity index (χ4v) is 8.09. The zero-order valence-electron chi connectivity index (χ0n) is 31.7. The van der Waals surface area contributed by atoms with Crippen LogP contribution < -0.4 is 0 Å². The molecule has 0 fully saturated rings. The van der Waals surface area contributed by atoms with E-state index in [0.29, 0.717) is 5.56 Å². The summed E-state index contributed by atoms with van der Waals surface area (Å²) < 4.78 is 1.11. The molecule has 7 aromatic carbocycles. The molecule has 0 amide bonds. The number of nitrogens with zero attached hydrogens (tertiary/aromatic N) is 2. The van der Waals surface area contributed by atoms with Gasteiger partial charge in [0.2, 0.25) is 0 Å². The number of aromatic hydroxyl groups is 1. The highest BCUT2D eigenvalue weighted by molar-refractivity contribution is 7.21. The fourth-order valence-electron chi connectivity index (χ4n) is 7.03. The van der Waals surface area contributed by atoms with Crippen molar-refractivity contribution in [2.75, 3.05) is 0 Å². The van der Waals surface area contributed by atoms with Gasteiger partial charge in [0.1, 0.15) is 10.8 Å². The molecule has 266 valence electrons. The Hall–Kier alpha value is -5.84. The Morgan fingerprint density at radius 3 is 1.98 bits per heavy atom. The molecule has 0 aliphatic rings. The lowest BCUT2D eigenvalue weighted by molar-refractivity contribution is 0.473. The molecule has 0 aliphatic carbocycles.